The van der Waals surface area contributed by atoms with Crippen LogP contribution in [0.3, 0.4) is 0 Å². The number of hydrogen-bond donors (Lipinski definition) is 0. The second-order valence-corrected chi connectivity index (χ2v) is 6.19. The van der Waals surface area contributed by atoms with Crippen LogP contribution in [0.4, 0.5) is 0 Å². The maximum absolute atomic E-state index is 12.9. The maximum Gasteiger partial charge on any atom is 0.247 e. The average molecular weight is 327 g/mol. The molecule has 3 heterocycles. The van der Waals surface area contributed by atoms with E-state index in [0.29, 0.717) is 0 Å². The van der Waals surface area contributed by atoms with Crippen molar-refractivity contribution in [1.29, 1.82) is 0 Å². The zero-order valence-corrected chi connectivity index (χ0v) is 14.2. The summed E-state index contributed by atoms with van der Waals surface area (Å²) in [7, 11) is 0. The summed E-state index contributed by atoms with van der Waals surface area (Å²) in [6, 6.07) is 7.69. The maximum atomic E-state index is 12.9. The van der Waals surface area contributed by atoms with Gasteiger partial charge in [-0.2, -0.15) is 5.10 Å². The first kappa shape index (κ1) is 16.6. The highest BCUT2D eigenvalue weighted by molar-refractivity contribution is 5.80. The number of carbonyl (C=O) groups is 1. The van der Waals surface area contributed by atoms with Gasteiger partial charge in [0.2, 0.25) is 5.91 Å². The third kappa shape index (κ3) is 4.00. The molecule has 6 heteroatoms. The van der Waals surface area contributed by atoms with E-state index in [1.165, 1.54) is 0 Å². The molecule has 0 aromatic carbocycles. The van der Waals surface area contributed by atoms with Gasteiger partial charge in [-0.25, -0.2) is 0 Å². The van der Waals surface area contributed by atoms with Crippen molar-refractivity contribution in [2.75, 3.05) is 26.2 Å². The minimum absolute atomic E-state index is 0.181. The molecular weight excluding hydrogens is 302 g/mol. The van der Waals surface area contributed by atoms with Crippen molar-refractivity contribution >= 4 is 5.91 Å². The topological polar surface area (TPSA) is 54.3 Å². The summed E-state index contributed by atoms with van der Waals surface area (Å²) < 4.78 is 1.78. The van der Waals surface area contributed by atoms with Gasteiger partial charge >= 0.3 is 0 Å². The number of nitrogens with zero attached hydrogens (tertiary/aromatic N) is 5. The number of pyridine rings is 1. The van der Waals surface area contributed by atoms with E-state index < -0.39 is 0 Å². The van der Waals surface area contributed by atoms with Gasteiger partial charge in [0, 0.05) is 51.3 Å². The Bertz CT molecular complexity index is 628. The van der Waals surface area contributed by atoms with E-state index in [9.17, 15) is 4.79 Å². The van der Waals surface area contributed by atoms with E-state index in [4.69, 9.17) is 0 Å². The van der Waals surface area contributed by atoms with E-state index in [1.54, 1.807) is 10.9 Å². The molecule has 1 aliphatic rings. The molecule has 0 spiro atoms. The highest BCUT2D eigenvalue weighted by atomic mass is 16.2. The van der Waals surface area contributed by atoms with Crippen LogP contribution in [-0.4, -0.2) is 56.7 Å². The molecule has 24 heavy (non-hydrogen) atoms. The fourth-order valence-corrected chi connectivity index (χ4v) is 3.22. The number of aromatic nitrogens is 3. The lowest BCUT2D eigenvalue weighted by molar-refractivity contribution is -0.135. The van der Waals surface area contributed by atoms with Crippen LogP contribution in [0.5, 0.6) is 0 Å². The zero-order valence-electron chi connectivity index (χ0n) is 14.2. The van der Waals surface area contributed by atoms with Gasteiger partial charge in [0.15, 0.2) is 0 Å². The summed E-state index contributed by atoms with van der Waals surface area (Å²) in [5.74, 6) is 0.181. The standard InChI is InChI=1S/C18H25N5O/c1-2-17(23-12-5-9-20-23)18(24)22-11-6-10-21(13-14-22)15-16-7-3-4-8-19-16/h3-5,7-9,12,17H,2,6,10-11,13-15H2,1H3. The van der Waals surface area contributed by atoms with Gasteiger partial charge in [-0.05, 0) is 31.0 Å². The first-order chi connectivity index (χ1) is 11.8. The number of carbonyl (C=O) groups excluding carboxylic acids is 1. The van der Waals surface area contributed by atoms with Gasteiger partial charge in [-0.1, -0.05) is 13.0 Å². The van der Waals surface area contributed by atoms with Crippen molar-refractivity contribution in [2.45, 2.75) is 32.4 Å². The van der Waals surface area contributed by atoms with Crippen LogP contribution in [-0.2, 0) is 11.3 Å². The third-order valence-corrected chi connectivity index (χ3v) is 4.53. The molecule has 3 rings (SSSR count). The molecule has 0 N–H and O–H groups in total. The summed E-state index contributed by atoms with van der Waals surface area (Å²) in [6.07, 6.45) is 7.19. The molecule has 2 aromatic rings. The van der Waals surface area contributed by atoms with Gasteiger partial charge in [0.1, 0.15) is 6.04 Å². The predicted octanol–water partition coefficient (Wildman–Crippen LogP) is 1.96. The summed E-state index contributed by atoms with van der Waals surface area (Å²) in [4.78, 5) is 21.7. The monoisotopic (exact) mass is 327 g/mol. The van der Waals surface area contributed by atoms with Gasteiger partial charge in [0.05, 0.1) is 5.69 Å². The molecule has 1 unspecified atom stereocenters. The molecule has 1 atom stereocenters. The Morgan fingerprint density at radius 2 is 2.08 bits per heavy atom. The third-order valence-electron chi connectivity index (χ3n) is 4.53. The number of rotatable bonds is 5. The van der Waals surface area contributed by atoms with Crippen LogP contribution >= 0.6 is 0 Å². The molecule has 2 aromatic heterocycles. The Balaban J connectivity index is 1.59. The number of hydrogen-bond acceptors (Lipinski definition) is 4. The van der Waals surface area contributed by atoms with Crippen LogP contribution in [0, 0.1) is 0 Å². The average Bonchev–Trinajstić information content (AvgIpc) is 3.03. The van der Waals surface area contributed by atoms with Gasteiger partial charge < -0.3 is 4.90 Å². The molecule has 0 saturated carbocycles. The normalized spacial score (nSPS) is 17.5. The fraction of sp³-hybridized carbons (Fsp3) is 0.500. The smallest absolute Gasteiger partial charge is 0.247 e. The molecule has 128 valence electrons. The second kappa shape index (κ2) is 8.06. The zero-order chi connectivity index (χ0) is 16.8. The Morgan fingerprint density at radius 1 is 1.17 bits per heavy atom. The van der Waals surface area contributed by atoms with Crippen LogP contribution < -0.4 is 0 Å². The molecule has 0 bridgehead atoms. The van der Waals surface area contributed by atoms with Crippen molar-refractivity contribution < 1.29 is 4.79 Å². The summed E-state index contributed by atoms with van der Waals surface area (Å²) >= 11 is 0. The Labute approximate surface area is 143 Å². The lowest BCUT2D eigenvalue weighted by Gasteiger charge is -2.26. The van der Waals surface area contributed by atoms with E-state index in [2.05, 4.69) is 21.0 Å². The van der Waals surface area contributed by atoms with E-state index in [-0.39, 0.29) is 11.9 Å². The van der Waals surface area contributed by atoms with Crippen LogP contribution in [0.2, 0.25) is 0 Å². The lowest BCUT2D eigenvalue weighted by Crippen LogP contribution is -2.39. The molecule has 6 nitrogen and oxygen atoms in total. The first-order valence-corrected chi connectivity index (χ1v) is 8.68. The van der Waals surface area contributed by atoms with Gasteiger partial charge in [0.25, 0.3) is 0 Å². The van der Waals surface area contributed by atoms with Crippen LogP contribution in [0.15, 0.2) is 42.9 Å². The van der Waals surface area contributed by atoms with E-state index >= 15 is 0 Å². The molecular formula is C18H25N5O. The van der Waals surface area contributed by atoms with E-state index in [0.717, 1.165) is 51.3 Å². The first-order valence-electron chi connectivity index (χ1n) is 8.68. The Hall–Kier alpha value is -2.21. The van der Waals surface area contributed by atoms with Crippen molar-refractivity contribution in [3.8, 4) is 0 Å². The van der Waals surface area contributed by atoms with Crippen molar-refractivity contribution in [3.63, 3.8) is 0 Å². The van der Waals surface area contributed by atoms with E-state index in [1.807, 2.05) is 42.4 Å². The highest BCUT2D eigenvalue weighted by Crippen LogP contribution is 2.16. The highest BCUT2D eigenvalue weighted by Gasteiger charge is 2.26. The lowest BCUT2D eigenvalue weighted by atomic mass is 10.2. The summed E-state index contributed by atoms with van der Waals surface area (Å²) in [5.41, 5.74) is 1.08. The van der Waals surface area contributed by atoms with Gasteiger partial charge in [-0.3, -0.25) is 19.4 Å². The molecule has 0 aliphatic carbocycles. The number of amides is 1. The molecule has 1 amide bonds. The fourth-order valence-electron chi connectivity index (χ4n) is 3.22. The van der Waals surface area contributed by atoms with Crippen LogP contribution in [0.25, 0.3) is 0 Å². The minimum Gasteiger partial charge on any atom is -0.340 e. The van der Waals surface area contributed by atoms with Gasteiger partial charge in [-0.15, -0.1) is 0 Å². The quantitative estimate of drug-likeness (QED) is 0.842. The largest absolute Gasteiger partial charge is 0.340 e. The Morgan fingerprint density at radius 3 is 2.79 bits per heavy atom. The molecule has 1 saturated heterocycles. The van der Waals surface area contributed by atoms with Crippen molar-refractivity contribution in [1.82, 2.24) is 24.6 Å². The summed E-state index contributed by atoms with van der Waals surface area (Å²) in [6.45, 7) is 6.35. The molecule has 1 fully saturated rings. The Kier molecular flexibility index (Phi) is 5.59. The van der Waals surface area contributed by atoms with Crippen molar-refractivity contribution in [3.05, 3.63) is 48.5 Å². The summed E-state index contributed by atoms with van der Waals surface area (Å²) in [5, 5.41) is 4.25. The van der Waals surface area contributed by atoms with Crippen molar-refractivity contribution in [2.24, 2.45) is 0 Å². The molecule has 1 aliphatic heterocycles. The molecule has 0 radical (unpaired) electrons. The second-order valence-electron chi connectivity index (χ2n) is 6.19. The SMILES string of the molecule is CCC(C(=O)N1CCCN(Cc2ccccn2)CC1)n1cccn1. The van der Waals surface area contributed by atoms with Crippen LogP contribution in [0.1, 0.15) is 31.5 Å². The predicted molar refractivity (Wildman–Crippen MR) is 92.3 cm³/mol. The minimum atomic E-state index is -0.192.